The van der Waals surface area contributed by atoms with Gasteiger partial charge in [0.1, 0.15) is 5.75 Å². The molecular weight excluding hydrogens is 359 g/mol. The topological polar surface area (TPSA) is 50.7 Å². The highest BCUT2D eigenvalue weighted by molar-refractivity contribution is 6.38. The second kappa shape index (κ2) is 10.1. The molecule has 2 aromatic rings. The standard InChI is InChI=1S/C19H20Cl2N2O2/c1-2-3-5-14-8-10-15(11-9-14)25-13-19(24)23-22-12-16-17(20)6-4-7-18(16)21/h4,6-12H,2-3,5,13H2,1H3,(H,23,24). The third-order valence-corrected chi connectivity index (χ3v) is 4.15. The minimum absolute atomic E-state index is 0.123. The van der Waals surface area contributed by atoms with Crippen LogP contribution in [0.5, 0.6) is 5.75 Å². The molecule has 6 heteroatoms. The third kappa shape index (κ3) is 6.40. The zero-order valence-corrected chi connectivity index (χ0v) is 15.5. The number of benzene rings is 2. The molecule has 0 aromatic heterocycles. The molecule has 0 saturated carbocycles. The van der Waals surface area contributed by atoms with Crippen molar-refractivity contribution >= 4 is 35.3 Å². The number of carbonyl (C=O) groups excluding carboxylic acids is 1. The molecule has 0 fully saturated rings. The number of hydrazone groups is 1. The Labute approximate surface area is 157 Å². The lowest BCUT2D eigenvalue weighted by Crippen LogP contribution is -2.24. The Bertz CT molecular complexity index is 710. The van der Waals surface area contributed by atoms with E-state index < -0.39 is 0 Å². The molecule has 0 aliphatic rings. The normalized spacial score (nSPS) is 10.8. The first-order chi connectivity index (χ1) is 12.1. The Morgan fingerprint density at radius 3 is 2.48 bits per heavy atom. The molecule has 25 heavy (non-hydrogen) atoms. The Balaban J connectivity index is 1.80. The largest absolute Gasteiger partial charge is 0.484 e. The van der Waals surface area contributed by atoms with E-state index in [1.807, 2.05) is 24.3 Å². The summed E-state index contributed by atoms with van der Waals surface area (Å²) < 4.78 is 5.44. The SMILES string of the molecule is CCCCc1ccc(OCC(=O)NN=Cc2c(Cl)cccc2Cl)cc1. The molecule has 0 bridgehead atoms. The smallest absolute Gasteiger partial charge is 0.277 e. The van der Waals surface area contributed by atoms with Crippen molar-refractivity contribution in [3.63, 3.8) is 0 Å². The highest BCUT2D eigenvalue weighted by Gasteiger charge is 2.04. The Morgan fingerprint density at radius 2 is 1.84 bits per heavy atom. The van der Waals surface area contributed by atoms with E-state index in [1.165, 1.54) is 18.2 Å². The van der Waals surface area contributed by atoms with E-state index in [-0.39, 0.29) is 12.5 Å². The molecule has 0 heterocycles. The number of aryl methyl sites for hydroxylation is 1. The highest BCUT2D eigenvalue weighted by atomic mass is 35.5. The number of amides is 1. The van der Waals surface area contributed by atoms with E-state index in [4.69, 9.17) is 27.9 Å². The monoisotopic (exact) mass is 378 g/mol. The van der Waals surface area contributed by atoms with Gasteiger partial charge in [-0.1, -0.05) is 54.7 Å². The summed E-state index contributed by atoms with van der Waals surface area (Å²) in [6.07, 6.45) is 4.79. The van der Waals surface area contributed by atoms with Gasteiger partial charge in [0.2, 0.25) is 0 Å². The van der Waals surface area contributed by atoms with Gasteiger partial charge in [0.25, 0.3) is 5.91 Å². The van der Waals surface area contributed by atoms with Gasteiger partial charge < -0.3 is 4.74 Å². The molecule has 4 nitrogen and oxygen atoms in total. The van der Waals surface area contributed by atoms with Gasteiger partial charge in [0.05, 0.1) is 16.3 Å². The predicted octanol–water partition coefficient (Wildman–Crippen LogP) is 4.87. The summed E-state index contributed by atoms with van der Waals surface area (Å²) in [4.78, 5) is 11.8. The van der Waals surface area contributed by atoms with Crippen LogP contribution in [0.25, 0.3) is 0 Å². The number of carbonyl (C=O) groups is 1. The summed E-state index contributed by atoms with van der Waals surface area (Å²) in [5, 5.41) is 4.78. The van der Waals surface area contributed by atoms with Crippen molar-refractivity contribution in [1.82, 2.24) is 5.43 Å². The maximum atomic E-state index is 11.8. The van der Waals surface area contributed by atoms with E-state index in [1.54, 1.807) is 18.2 Å². The number of ether oxygens (including phenoxy) is 1. The van der Waals surface area contributed by atoms with Crippen LogP contribution in [0.2, 0.25) is 10.0 Å². The van der Waals surface area contributed by atoms with Gasteiger partial charge in [-0.2, -0.15) is 5.10 Å². The van der Waals surface area contributed by atoms with E-state index in [0.29, 0.717) is 21.4 Å². The first kappa shape index (κ1) is 19.3. The summed E-state index contributed by atoms with van der Waals surface area (Å²) in [7, 11) is 0. The third-order valence-electron chi connectivity index (χ3n) is 3.49. The molecule has 0 unspecified atom stereocenters. The fraction of sp³-hybridized carbons (Fsp3) is 0.263. The molecule has 2 aromatic carbocycles. The molecule has 0 spiro atoms. The number of hydrogen-bond acceptors (Lipinski definition) is 3. The zero-order chi connectivity index (χ0) is 18.1. The van der Waals surface area contributed by atoms with Gasteiger partial charge in [0, 0.05) is 5.56 Å². The maximum Gasteiger partial charge on any atom is 0.277 e. The van der Waals surface area contributed by atoms with Crippen LogP contribution in [-0.4, -0.2) is 18.7 Å². The van der Waals surface area contributed by atoms with E-state index in [9.17, 15) is 4.79 Å². The van der Waals surface area contributed by atoms with Crippen LogP contribution >= 0.6 is 23.2 Å². The van der Waals surface area contributed by atoms with Crippen molar-refractivity contribution < 1.29 is 9.53 Å². The molecular formula is C19H20Cl2N2O2. The summed E-state index contributed by atoms with van der Waals surface area (Å²) >= 11 is 12.0. The summed E-state index contributed by atoms with van der Waals surface area (Å²) in [6, 6.07) is 12.9. The van der Waals surface area contributed by atoms with Crippen LogP contribution in [0.15, 0.2) is 47.6 Å². The van der Waals surface area contributed by atoms with Gasteiger partial charge >= 0.3 is 0 Å². The van der Waals surface area contributed by atoms with Gasteiger partial charge in [-0.25, -0.2) is 5.43 Å². The number of rotatable bonds is 8. The summed E-state index contributed by atoms with van der Waals surface area (Å²) in [5.74, 6) is 0.281. The number of halogens is 2. The first-order valence-corrected chi connectivity index (χ1v) is 8.83. The Morgan fingerprint density at radius 1 is 1.16 bits per heavy atom. The lowest BCUT2D eigenvalue weighted by molar-refractivity contribution is -0.123. The lowest BCUT2D eigenvalue weighted by atomic mass is 10.1. The van der Waals surface area contributed by atoms with Crippen molar-refractivity contribution in [2.24, 2.45) is 5.10 Å². The summed E-state index contributed by atoms with van der Waals surface area (Å²) in [6.45, 7) is 2.04. The van der Waals surface area contributed by atoms with Crippen LogP contribution in [0.4, 0.5) is 0 Å². The van der Waals surface area contributed by atoms with E-state index in [0.717, 1.165) is 12.8 Å². The second-order valence-electron chi connectivity index (χ2n) is 5.46. The fourth-order valence-corrected chi connectivity index (χ4v) is 2.61. The summed E-state index contributed by atoms with van der Waals surface area (Å²) in [5.41, 5.74) is 4.20. The van der Waals surface area contributed by atoms with E-state index >= 15 is 0 Å². The first-order valence-electron chi connectivity index (χ1n) is 8.07. The molecule has 0 atom stereocenters. The number of unbranched alkanes of at least 4 members (excludes halogenated alkanes) is 1. The van der Waals surface area contributed by atoms with Crippen molar-refractivity contribution in [3.05, 3.63) is 63.6 Å². The predicted molar refractivity (Wildman–Crippen MR) is 103 cm³/mol. The maximum absolute atomic E-state index is 11.8. The molecule has 0 aliphatic carbocycles. The average molecular weight is 379 g/mol. The van der Waals surface area contributed by atoms with Crippen molar-refractivity contribution in [3.8, 4) is 5.75 Å². The second-order valence-corrected chi connectivity index (χ2v) is 6.28. The van der Waals surface area contributed by atoms with Crippen LogP contribution in [0.1, 0.15) is 30.9 Å². The van der Waals surface area contributed by atoms with Gasteiger partial charge in [0.15, 0.2) is 6.61 Å². The number of nitrogens with zero attached hydrogens (tertiary/aromatic N) is 1. The molecule has 132 valence electrons. The fourth-order valence-electron chi connectivity index (χ4n) is 2.12. The minimum atomic E-state index is -0.366. The van der Waals surface area contributed by atoms with Crippen LogP contribution in [-0.2, 0) is 11.2 Å². The molecule has 2 rings (SSSR count). The molecule has 1 N–H and O–H groups in total. The van der Waals surface area contributed by atoms with Gasteiger partial charge in [-0.05, 0) is 42.7 Å². The highest BCUT2D eigenvalue weighted by Crippen LogP contribution is 2.22. The molecule has 1 amide bonds. The number of hydrogen-bond donors (Lipinski definition) is 1. The van der Waals surface area contributed by atoms with Crippen LogP contribution in [0, 0.1) is 0 Å². The molecule has 0 saturated heterocycles. The Hall–Kier alpha value is -2.04. The van der Waals surface area contributed by atoms with Crippen molar-refractivity contribution in [1.29, 1.82) is 0 Å². The van der Waals surface area contributed by atoms with Crippen LogP contribution in [0.3, 0.4) is 0 Å². The van der Waals surface area contributed by atoms with Crippen molar-refractivity contribution in [2.75, 3.05) is 6.61 Å². The number of nitrogens with one attached hydrogen (secondary N) is 1. The lowest BCUT2D eigenvalue weighted by Gasteiger charge is -2.06. The average Bonchev–Trinajstić information content (AvgIpc) is 2.61. The quantitative estimate of drug-likeness (QED) is 0.526. The molecule has 0 aliphatic heterocycles. The molecule has 0 radical (unpaired) electrons. The Kier molecular flexibility index (Phi) is 7.76. The van der Waals surface area contributed by atoms with Crippen molar-refractivity contribution in [2.45, 2.75) is 26.2 Å². The zero-order valence-electron chi connectivity index (χ0n) is 14.0. The van der Waals surface area contributed by atoms with E-state index in [2.05, 4.69) is 17.5 Å². The van der Waals surface area contributed by atoms with Crippen LogP contribution < -0.4 is 10.2 Å². The van der Waals surface area contributed by atoms with Gasteiger partial charge in [-0.15, -0.1) is 0 Å². The minimum Gasteiger partial charge on any atom is -0.484 e. The van der Waals surface area contributed by atoms with Gasteiger partial charge in [-0.3, -0.25) is 4.79 Å².